The fraction of sp³-hybridized carbons (Fsp3) is 0.667. The van der Waals surface area contributed by atoms with Crippen molar-refractivity contribution in [3.63, 3.8) is 0 Å². The molecule has 0 amide bonds. The van der Waals surface area contributed by atoms with E-state index in [0.29, 0.717) is 0 Å². The average molecular weight is 336 g/mol. The lowest BCUT2D eigenvalue weighted by Crippen LogP contribution is -2.48. The molecule has 23 heavy (non-hydrogen) atoms. The van der Waals surface area contributed by atoms with Crippen molar-refractivity contribution in [3.8, 4) is 0 Å². The van der Waals surface area contributed by atoms with Crippen molar-refractivity contribution in [2.75, 3.05) is 39.3 Å². The first-order valence-corrected chi connectivity index (χ1v) is 6.62. The van der Waals surface area contributed by atoms with Gasteiger partial charge >= 0.3 is 23.9 Å². The van der Waals surface area contributed by atoms with E-state index in [9.17, 15) is 19.2 Å². The monoisotopic (exact) mass is 336 g/mol. The number of aliphatic hydroxyl groups excluding tert-OH is 1. The molecule has 0 spiro atoms. The SMILES string of the molecule is O=C(O)CN(CCN(CC(=O)O)C(CCO)C(=O)O)CC(=O)O. The minimum Gasteiger partial charge on any atom is -0.480 e. The van der Waals surface area contributed by atoms with Gasteiger partial charge in [0.15, 0.2) is 0 Å². The van der Waals surface area contributed by atoms with Crippen molar-refractivity contribution in [2.24, 2.45) is 0 Å². The number of hydrogen-bond acceptors (Lipinski definition) is 7. The first-order chi connectivity index (χ1) is 10.7. The maximum Gasteiger partial charge on any atom is 0.321 e. The van der Waals surface area contributed by atoms with Crippen LogP contribution in [0.25, 0.3) is 0 Å². The summed E-state index contributed by atoms with van der Waals surface area (Å²) in [5.74, 6) is -5.15. The average Bonchev–Trinajstić information content (AvgIpc) is 2.38. The summed E-state index contributed by atoms with van der Waals surface area (Å²) in [5.41, 5.74) is 0. The van der Waals surface area contributed by atoms with Crippen molar-refractivity contribution < 1.29 is 44.7 Å². The Bertz CT molecular complexity index is 424. The molecule has 0 aromatic carbocycles. The summed E-state index contributed by atoms with van der Waals surface area (Å²) in [6.07, 6.45) is -0.208. The molecule has 132 valence electrons. The van der Waals surface area contributed by atoms with Crippen LogP contribution in [0.2, 0.25) is 0 Å². The fourth-order valence-corrected chi connectivity index (χ4v) is 1.97. The first kappa shape index (κ1) is 20.8. The normalized spacial score (nSPS) is 12.3. The number of aliphatic carboxylic acids is 4. The Morgan fingerprint density at radius 2 is 1.26 bits per heavy atom. The topological polar surface area (TPSA) is 176 Å². The highest BCUT2D eigenvalue weighted by atomic mass is 16.4. The Morgan fingerprint density at radius 1 is 0.783 bits per heavy atom. The maximum absolute atomic E-state index is 11.2. The maximum atomic E-state index is 11.2. The first-order valence-electron chi connectivity index (χ1n) is 6.62. The van der Waals surface area contributed by atoms with Crippen LogP contribution in [0.4, 0.5) is 0 Å². The van der Waals surface area contributed by atoms with E-state index in [4.69, 9.17) is 25.5 Å². The molecular formula is C12H20N2O9. The summed E-state index contributed by atoms with van der Waals surface area (Å²) in [7, 11) is 0. The highest BCUT2D eigenvalue weighted by molar-refractivity contribution is 5.75. The third kappa shape index (κ3) is 9.39. The van der Waals surface area contributed by atoms with Crippen LogP contribution in [-0.2, 0) is 19.2 Å². The number of rotatable bonds is 13. The van der Waals surface area contributed by atoms with Gasteiger partial charge in [-0.3, -0.25) is 29.0 Å². The largest absolute Gasteiger partial charge is 0.480 e. The van der Waals surface area contributed by atoms with Gasteiger partial charge in [-0.1, -0.05) is 0 Å². The highest BCUT2D eigenvalue weighted by Crippen LogP contribution is 2.06. The molecule has 0 aromatic rings. The van der Waals surface area contributed by atoms with Crippen LogP contribution < -0.4 is 0 Å². The zero-order valence-electron chi connectivity index (χ0n) is 12.3. The van der Waals surface area contributed by atoms with E-state index >= 15 is 0 Å². The van der Waals surface area contributed by atoms with E-state index in [1.165, 1.54) is 0 Å². The van der Waals surface area contributed by atoms with Gasteiger partial charge < -0.3 is 25.5 Å². The third-order valence-electron chi connectivity index (χ3n) is 2.89. The van der Waals surface area contributed by atoms with Crippen LogP contribution in [-0.4, -0.2) is 105 Å². The van der Waals surface area contributed by atoms with Crippen molar-refractivity contribution in [1.82, 2.24) is 9.80 Å². The summed E-state index contributed by atoms with van der Waals surface area (Å²) in [6, 6.07) is -1.27. The summed E-state index contributed by atoms with van der Waals surface area (Å²) in [4.78, 5) is 45.5. The molecule has 0 heterocycles. The Hall–Kier alpha value is -2.24. The molecule has 11 heteroatoms. The van der Waals surface area contributed by atoms with E-state index in [1.54, 1.807) is 0 Å². The number of aliphatic hydroxyl groups is 1. The standard InChI is InChI=1S/C12H20N2O9/c15-4-1-8(12(22)23)14(7-11(20)21)3-2-13(5-9(16)17)6-10(18)19/h8,15H,1-7H2,(H,16,17)(H,18,19)(H,20,21)(H,22,23). The molecule has 11 nitrogen and oxygen atoms in total. The summed E-state index contributed by atoms with van der Waals surface area (Å²) in [5, 5.41) is 44.3. The van der Waals surface area contributed by atoms with E-state index in [-0.39, 0.29) is 19.5 Å². The molecule has 0 aliphatic heterocycles. The molecule has 0 fully saturated rings. The molecule has 0 saturated heterocycles. The molecule has 0 aliphatic rings. The van der Waals surface area contributed by atoms with Crippen molar-refractivity contribution in [1.29, 1.82) is 0 Å². The van der Waals surface area contributed by atoms with Gasteiger partial charge in [0.1, 0.15) is 6.04 Å². The number of carboxylic acid groups (broad SMARTS) is 4. The lowest BCUT2D eigenvalue weighted by Gasteiger charge is -2.29. The molecule has 1 atom stereocenters. The number of carbonyl (C=O) groups is 4. The van der Waals surface area contributed by atoms with Gasteiger partial charge in [0.05, 0.1) is 19.6 Å². The van der Waals surface area contributed by atoms with E-state index in [1.807, 2.05) is 0 Å². The lowest BCUT2D eigenvalue weighted by atomic mass is 10.1. The Labute approximate surface area is 131 Å². The minimum absolute atomic E-state index is 0.152. The highest BCUT2D eigenvalue weighted by Gasteiger charge is 2.27. The van der Waals surface area contributed by atoms with Gasteiger partial charge in [0.25, 0.3) is 0 Å². The Balaban J connectivity index is 4.96. The predicted octanol–water partition coefficient (Wildman–Crippen LogP) is -2.32. The lowest BCUT2D eigenvalue weighted by molar-refractivity contribution is -0.149. The van der Waals surface area contributed by atoms with Gasteiger partial charge in [-0.05, 0) is 6.42 Å². The molecule has 5 N–H and O–H groups in total. The van der Waals surface area contributed by atoms with Crippen LogP contribution in [0.5, 0.6) is 0 Å². The number of carboxylic acids is 4. The molecule has 0 radical (unpaired) electrons. The smallest absolute Gasteiger partial charge is 0.321 e. The second kappa shape index (κ2) is 10.5. The van der Waals surface area contributed by atoms with E-state index in [2.05, 4.69) is 0 Å². The van der Waals surface area contributed by atoms with Crippen molar-refractivity contribution in [2.45, 2.75) is 12.5 Å². The van der Waals surface area contributed by atoms with Gasteiger partial charge in [-0.2, -0.15) is 0 Å². The van der Waals surface area contributed by atoms with Crippen LogP contribution >= 0.6 is 0 Å². The summed E-state index contributed by atoms with van der Waals surface area (Å²) in [6.45, 7) is -2.59. The van der Waals surface area contributed by atoms with Crippen molar-refractivity contribution in [3.05, 3.63) is 0 Å². The second-order valence-corrected chi connectivity index (χ2v) is 4.73. The number of hydrogen-bond donors (Lipinski definition) is 5. The van der Waals surface area contributed by atoms with Gasteiger partial charge in [-0.15, -0.1) is 0 Å². The van der Waals surface area contributed by atoms with Gasteiger partial charge in [-0.25, -0.2) is 0 Å². The zero-order chi connectivity index (χ0) is 18.0. The molecule has 0 saturated carbocycles. The third-order valence-corrected chi connectivity index (χ3v) is 2.89. The second-order valence-electron chi connectivity index (χ2n) is 4.73. The Kier molecular flexibility index (Phi) is 9.46. The van der Waals surface area contributed by atoms with E-state index in [0.717, 1.165) is 9.80 Å². The van der Waals surface area contributed by atoms with E-state index < -0.39 is 56.2 Å². The summed E-state index contributed by atoms with van der Waals surface area (Å²) >= 11 is 0. The van der Waals surface area contributed by atoms with Gasteiger partial charge in [0.2, 0.25) is 0 Å². The van der Waals surface area contributed by atoms with Crippen LogP contribution in [0.15, 0.2) is 0 Å². The van der Waals surface area contributed by atoms with Crippen LogP contribution in [0.1, 0.15) is 6.42 Å². The predicted molar refractivity (Wildman–Crippen MR) is 74.0 cm³/mol. The minimum atomic E-state index is -1.33. The molecule has 0 rings (SSSR count). The molecule has 1 unspecified atom stereocenters. The molecule has 0 bridgehead atoms. The summed E-state index contributed by atoms with van der Waals surface area (Å²) < 4.78 is 0. The van der Waals surface area contributed by atoms with Crippen LogP contribution in [0, 0.1) is 0 Å². The number of nitrogens with zero attached hydrogens (tertiary/aromatic N) is 2. The molecule has 0 aromatic heterocycles. The van der Waals surface area contributed by atoms with Crippen molar-refractivity contribution >= 4 is 23.9 Å². The fourth-order valence-electron chi connectivity index (χ4n) is 1.97. The zero-order valence-corrected chi connectivity index (χ0v) is 12.3. The quantitative estimate of drug-likeness (QED) is 0.244. The van der Waals surface area contributed by atoms with Gasteiger partial charge in [0, 0.05) is 19.7 Å². The Morgan fingerprint density at radius 3 is 1.61 bits per heavy atom. The molecule has 0 aliphatic carbocycles. The van der Waals surface area contributed by atoms with Crippen LogP contribution in [0.3, 0.4) is 0 Å². The molecular weight excluding hydrogens is 316 g/mol.